The Labute approximate surface area is 142 Å². The van der Waals surface area contributed by atoms with Crippen molar-refractivity contribution in [1.29, 1.82) is 0 Å². The molecule has 0 saturated carbocycles. The minimum atomic E-state index is 0.954. The maximum absolute atomic E-state index is 4.51. The van der Waals surface area contributed by atoms with Gasteiger partial charge in [0.1, 0.15) is 0 Å². The maximum Gasteiger partial charge on any atom is 0.198 e. The number of aromatic nitrogens is 1. The molecule has 122 valence electrons. The first-order valence-corrected chi connectivity index (χ1v) is 9.13. The first-order valence-electron chi connectivity index (χ1n) is 8.25. The lowest BCUT2D eigenvalue weighted by molar-refractivity contribution is 0.700. The zero-order valence-electron chi connectivity index (χ0n) is 13.9. The summed E-state index contributed by atoms with van der Waals surface area (Å²) in [6.07, 6.45) is 4.46. The number of aryl methyl sites for hydroxylation is 2. The number of aliphatic imine (C=N–C) groups is 1. The maximum atomic E-state index is 4.51. The highest BCUT2D eigenvalue weighted by atomic mass is 32.1. The van der Waals surface area contributed by atoms with E-state index in [0.717, 1.165) is 50.4 Å². The van der Waals surface area contributed by atoms with Gasteiger partial charge in [0, 0.05) is 36.9 Å². The standard InChI is InChI=1S/C18H24N4S/c1-14-13-23-17(21-14)9-5-6-11-20-18(19-2)22-12-10-15-7-3-4-8-16(15)22/h3-4,7-8,13H,5-6,9-12H2,1-2H3,(H,19,20). The predicted octanol–water partition coefficient (Wildman–Crippen LogP) is 3.41. The smallest absolute Gasteiger partial charge is 0.198 e. The van der Waals surface area contributed by atoms with Gasteiger partial charge in [0.2, 0.25) is 0 Å². The van der Waals surface area contributed by atoms with E-state index in [0.29, 0.717) is 0 Å². The molecule has 3 rings (SSSR count). The van der Waals surface area contributed by atoms with Crippen LogP contribution >= 0.6 is 11.3 Å². The number of hydrogen-bond acceptors (Lipinski definition) is 3. The Morgan fingerprint density at radius 2 is 2.22 bits per heavy atom. The lowest BCUT2D eigenvalue weighted by Gasteiger charge is -2.22. The Bertz CT molecular complexity index is 677. The van der Waals surface area contributed by atoms with Gasteiger partial charge in [-0.15, -0.1) is 11.3 Å². The lowest BCUT2D eigenvalue weighted by atomic mass is 10.2. The van der Waals surface area contributed by atoms with Gasteiger partial charge in [0.25, 0.3) is 0 Å². The van der Waals surface area contributed by atoms with Crippen molar-refractivity contribution in [3.05, 3.63) is 45.9 Å². The Balaban J connectivity index is 1.46. The molecule has 1 aliphatic heterocycles. The minimum Gasteiger partial charge on any atom is -0.356 e. The molecule has 1 aromatic heterocycles. The second-order valence-electron chi connectivity index (χ2n) is 5.84. The number of guanidine groups is 1. The third kappa shape index (κ3) is 3.91. The van der Waals surface area contributed by atoms with Crippen LogP contribution in [0.5, 0.6) is 0 Å². The molecule has 2 heterocycles. The molecule has 1 aliphatic rings. The molecule has 0 radical (unpaired) electrons. The SMILES string of the molecule is CN=C(NCCCCc1nc(C)cs1)N1CCc2ccccc21. The molecule has 0 unspecified atom stereocenters. The quantitative estimate of drug-likeness (QED) is 0.519. The second kappa shape index (κ2) is 7.59. The molecule has 0 aliphatic carbocycles. The topological polar surface area (TPSA) is 40.5 Å². The van der Waals surface area contributed by atoms with Gasteiger partial charge in [-0.3, -0.25) is 4.99 Å². The van der Waals surface area contributed by atoms with Crippen LogP contribution in [0.25, 0.3) is 0 Å². The van der Waals surface area contributed by atoms with E-state index in [1.54, 1.807) is 11.3 Å². The predicted molar refractivity (Wildman–Crippen MR) is 98.6 cm³/mol. The van der Waals surface area contributed by atoms with Gasteiger partial charge in [-0.2, -0.15) is 0 Å². The molecule has 0 atom stereocenters. The van der Waals surface area contributed by atoms with Crippen molar-refractivity contribution >= 4 is 23.0 Å². The van der Waals surface area contributed by atoms with E-state index in [-0.39, 0.29) is 0 Å². The fourth-order valence-corrected chi connectivity index (χ4v) is 3.79. The van der Waals surface area contributed by atoms with Crippen molar-refractivity contribution in [3.8, 4) is 0 Å². The molecule has 23 heavy (non-hydrogen) atoms. The van der Waals surface area contributed by atoms with Gasteiger partial charge >= 0.3 is 0 Å². The van der Waals surface area contributed by atoms with Gasteiger partial charge in [0.05, 0.1) is 5.01 Å². The average Bonchev–Trinajstić information content (AvgIpc) is 3.17. The molecule has 0 amide bonds. The molecule has 0 spiro atoms. The summed E-state index contributed by atoms with van der Waals surface area (Å²) >= 11 is 1.77. The van der Waals surface area contributed by atoms with Gasteiger partial charge in [-0.1, -0.05) is 18.2 Å². The summed E-state index contributed by atoms with van der Waals surface area (Å²) in [5.74, 6) is 0.986. The van der Waals surface area contributed by atoms with Gasteiger partial charge in [0.15, 0.2) is 5.96 Å². The van der Waals surface area contributed by atoms with Crippen molar-refractivity contribution < 1.29 is 0 Å². The van der Waals surface area contributed by atoms with Crippen LogP contribution in [-0.2, 0) is 12.8 Å². The Hall–Kier alpha value is -1.88. The summed E-state index contributed by atoms with van der Waals surface area (Å²) in [5.41, 5.74) is 3.84. The third-order valence-corrected chi connectivity index (χ3v) is 5.15. The summed E-state index contributed by atoms with van der Waals surface area (Å²) in [4.78, 5) is 11.3. The number of para-hydroxylation sites is 1. The van der Waals surface area contributed by atoms with Crippen molar-refractivity contribution in [2.45, 2.75) is 32.6 Å². The van der Waals surface area contributed by atoms with Crippen LogP contribution < -0.4 is 10.2 Å². The molecule has 5 heteroatoms. The summed E-state index contributed by atoms with van der Waals surface area (Å²) in [5, 5.41) is 6.88. The normalized spacial score (nSPS) is 14.2. The highest BCUT2D eigenvalue weighted by molar-refractivity contribution is 7.09. The third-order valence-electron chi connectivity index (χ3n) is 4.12. The molecule has 2 aromatic rings. The van der Waals surface area contributed by atoms with Crippen LogP contribution in [0, 0.1) is 6.92 Å². The molecule has 1 aromatic carbocycles. The highest BCUT2D eigenvalue weighted by Gasteiger charge is 2.21. The number of thiazole rings is 1. The molecule has 1 N–H and O–H groups in total. The number of anilines is 1. The summed E-state index contributed by atoms with van der Waals surface area (Å²) in [6, 6.07) is 8.60. The van der Waals surface area contributed by atoms with E-state index in [2.05, 4.69) is 56.8 Å². The molecular formula is C18H24N4S. The number of unbranched alkanes of at least 4 members (excludes halogenated alkanes) is 1. The molecule has 0 saturated heterocycles. The fraction of sp³-hybridized carbons (Fsp3) is 0.444. The summed E-state index contributed by atoms with van der Waals surface area (Å²) in [7, 11) is 1.86. The van der Waals surface area contributed by atoms with Crippen molar-refractivity contribution in [3.63, 3.8) is 0 Å². The van der Waals surface area contributed by atoms with E-state index < -0.39 is 0 Å². The number of benzene rings is 1. The Kier molecular flexibility index (Phi) is 5.28. The fourth-order valence-electron chi connectivity index (χ4n) is 2.97. The van der Waals surface area contributed by atoms with Crippen molar-refractivity contribution in [2.75, 3.05) is 25.0 Å². The Morgan fingerprint density at radius 3 is 3.00 bits per heavy atom. The van der Waals surface area contributed by atoms with Gasteiger partial charge < -0.3 is 10.2 Å². The number of hydrogen-bond donors (Lipinski definition) is 1. The first-order chi connectivity index (χ1) is 11.3. The number of rotatable bonds is 5. The van der Waals surface area contributed by atoms with E-state index >= 15 is 0 Å². The molecule has 0 bridgehead atoms. The largest absolute Gasteiger partial charge is 0.356 e. The van der Waals surface area contributed by atoms with Gasteiger partial charge in [-0.25, -0.2) is 4.98 Å². The van der Waals surface area contributed by atoms with Crippen LogP contribution in [0.2, 0.25) is 0 Å². The van der Waals surface area contributed by atoms with Crippen LogP contribution in [0.15, 0.2) is 34.6 Å². The lowest BCUT2D eigenvalue weighted by Crippen LogP contribution is -2.40. The van der Waals surface area contributed by atoms with E-state index in [1.807, 2.05) is 7.05 Å². The van der Waals surface area contributed by atoms with Crippen LogP contribution in [0.3, 0.4) is 0 Å². The Morgan fingerprint density at radius 1 is 1.35 bits per heavy atom. The molecule has 4 nitrogen and oxygen atoms in total. The van der Waals surface area contributed by atoms with Crippen LogP contribution in [-0.4, -0.2) is 31.1 Å². The highest BCUT2D eigenvalue weighted by Crippen LogP contribution is 2.27. The second-order valence-corrected chi connectivity index (χ2v) is 6.79. The van der Waals surface area contributed by atoms with Crippen LogP contribution in [0.1, 0.15) is 29.1 Å². The summed E-state index contributed by atoms with van der Waals surface area (Å²) < 4.78 is 0. The molecule has 0 fully saturated rings. The minimum absolute atomic E-state index is 0.954. The number of fused-ring (bicyclic) bond motifs is 1. The zero-order valence-corrected chi connectivity index (χ0v) is 14.7. The van der Waals surface area contributed by atoms with Crippen LogP contribution in [0.4, 0.5) is 5.69 Å². The van der Waals surface area contributed by atoms with E-state index in [9.17, 15) is 0 Å². The number of nitrogens with zero attached hydrogens (tertiary/aromatic N) is 3. The monoisotopic (exact) mass is 328 g/mol. The zero-order chi connectivity index (χ0) is 16.1. The van der Waals surface area contributed by atoms with E-state index in [1.165, 1.54) is 16.3 Å². The molecular weight excluding hydrogens is 304 g/mol. The van der Waals surface area contributed by atoms with Crippen molar-refractivity contribution in [1.82, 2.24) is 10.3 Å². The number of nitrogens with one attached hydrogen (secondary N) is 1. The average molecular weight is 328 g/mol. The summed E-state index contributed by atoms with van der Waals surface area (Å²) in [6.45, 7) is 4.02. The van der Waals surface area contributed by atoms with Gasteiger partial charge in [-0.05, 0) is 44.2 Å². The first kappa shape index (κ1) is 16.0. The van der Waals surface area contributed by atoms with Crippen molar-refractivity contribution in [2.24, 2.45) is 4.99 Å². The van der Waals surface area contributed by atoms with E-state index in [4.69, 9.17) is 0 Å².